The van der Waals surface area contributed by atoms with Crippen LogP contribution in [-0.4, -0.2) is 5.78 Å². The van der Waals surface area contributed by atoms with Crippen molar-refractivity contribution in [2.24, 2.45) is 0 Å². The van der Waals surface area contributed by atoms with Gasteiger partial charge in [-0.3, -0.25) is 4.79 Å². The lowest BCUT2D eigenvalue weighted by Gasteiger charge is -2.10. The number of hydrogen-bond donors (Lipinski definition) is 0. The Morgan fingerprint density at radius 1 is 1.47 bits per heavy atom. The Morgan fingerprint density at radius 3 is 2.47 bits per heavy atom. The van der Waals surface area contributed by atoms with Gasteiger partial charge in [0.05, 0.1) is 0 Å². The molecule has 0 fully saturated rings. The molecule has 0 spiro atoms. The zero-order valence-electron chi connectivity index (χ0n) is 8.48. The van der Waals surface area contributed by atoms with E-state index in [1.54, 1.807) is 12.1 Å². The Balaban J connectivity index is 3.42. The van der Waals surface area contributed by atoms with E-state index in [4.69, 9.17) is 0 Å². The predicted octanol–water partition coefficient (Wildman–Crippen LogP) is 3.99. The summed E-state index contributed by atoms with van der Waals surface area (Å²) in [6.07, 6.45) is -1.86. The number of halogens is 3. The van der Waals surface area contributed by atoms with Crippen molar-refractivity contribution in [1.82, 2.24) is 0 Å². The number of carbonyl (C=O) groups excluding carboxylic acids is 1. The fraction of sp³-hybridized carbons (Fsp3) is 0.364. The lowest BCUT2D eigenvalue weighted by molar-refractivity contribution is 0.0998. The summed E-state index contributed by atoms with van der Waals surface area (Å²) in [6, 6.07) is 3.26. The van der Waals surface area contributed by atoms with E-state index in [0.29, 0.717) is 3.57 Å². The zero-order valence-corrected chi connectivity index (χ0v) is 10.6. The van der Waals surface area contributed by atoms with Gasteiger partial charge in [0.1, 0.15) is 0 Å². The molecule has 1 aromatic carbocycles. The maximum absolute atomic E-state index is 12.7. The van der Waals surface area contributed by atoms with E-state index in [2.05, 4.69) is 0 Å². The molecule has 0 aliphatic carbocycles. The summed E-state index contributed by atoms with van der Waals surface area (Å²) in [5.74, 6) is -0.307. The molecule has 0 amide bonds. The van der Waals surface area contributed by atoms with Crippen molar-refractivity contribution in [1.29, 1.82) is 0 Å². The zero-order chi connectivity index (χ0) is 11.6. The highest BCUT2D eigenvalue weighted by molar-refractivity contribution is 14.1. The molecule has 0 saturated heterocycles. The van der Waals surface area contributed by atoms with Crippen molar-refractivity contribution in [2.75, 3.05) is 0 Å². The van der Waals surface area contributed by atoms with Gasteiger partial charge in [0.15, 0.2) is 5.78 Å². The smallest absolute Gasteiger partial charge is 0.265 e. The lowest BCUT2D eigenvalue weighted by atomic mass is 10.0. The number of Topliss-reactive ketones (excluding diaryl/α,β-unsaturated/α-hetero) is 1. The van der Waals surface area contributed by atoms with Crippen LogP contribution in [0.25, 0.3) is 0 Å². The van der Waals surface area contributed by atoms with Crippen LogP contribution in [0.5, 0.6) is 0 Å². The van der Waals surface area contributed by atoms with Gasteiger partial charge < -0.3 is 0 Å². The van der Waals surface area contributed by atoms with Crippen LogP contribution in [0, 0.1) is 3.57 Å². The van der Waals surface area contributed by atoms with E-state index in [0.717, 1.165) is 12.0 Å². The summed E-state index contributed by atoms with van der Waals surface area (Å²) >= 11 is 1.85. The van der Waals surface area contributed by atoms with Crippen molar-refractivity contribution < 1.29 is 13.6 Å². The fourth-order valence-electron chi connectivity index (χ4n) is 1.39. The van der Waals surface area contributed by atoms with Crippen molar-refractivity contribution in [3.05, 3.63) is 32.4 Å². The number of aryl methyl sites for hydroxylation is 1. The number of rotatable bonds is 3. The predicted molar refractivity (Wildman–Crippen MR) is 63.5 cm³/mol. The summed E-state index contributed by atoms with van der Waals surface area (Å²) < 4.78 is 25.9. The standard InChI is InChI=1S/C11H11F2IO/c1-3-7-4-8(6(2)15)10(11(12)13)9(14)5-7/h4-5,11H,3H2,1-2H3. The molecule has 0 radical (unpaired) electrons. The summed E-state index contributed by atoms with van der Waals surface area (Å²) in [5, 5.41) is 0. The molecule has 0 atom stereocenters. The Labute approximate surface area is 101 Å². The molecule has 1 rings (SSSR count). The van der Waals surface area contributed by atoms with E-state index >= 15 is 0 Å². The third kappa shape index (κ3) is 2.74. The molecule has 0 N–H and O–H groups in total. The summed E-state index contributed by atoms with van der Waals surface area (Å²) in [4.78, 5) is 11.3. The van der Waals surface area contributed by atoms with Crippen LogP contribution >= 0.6 is 22.6 Å². The molecule has 0 aromatic heterocycles. The molecule has 0 bridgehead atoms. The largest absolute Gasteiger partial charge is 0.294 e. The second-order valence-corrected chi connectivity index (χ2v) is 4.41. The van der Waals surface area contributed by atoms with Crippen LogP contribution in [-0.2, 0) is 6.42 Å². The van der Waals surface area contributed by atoms with Crippen LogP contribution in [0.1, 0.15) is 41.8 Å². The average molecular weight is 324 g/mol. The minimum atomic E-state index is -2.60. The number of ketones is 1. The van der Waals surface area contributed by atoms with Gasteiger partial charge in [-0.1, -0.05) is 6.92 Å². The van der Waals surface area contributed by atoms with Crippen LogP contribution in [0.15, 0.2) is 12.1 Å². The molecule has 1 aromatic rings. The molecular formula is C11H11F2IO. The molecule has 0 saturated carbocycles. The van der Waals surface area contributed by atoms with Gasteiger partial charge in [-0.05, 0) is 53.6 Å². The second-order valence-electron chi connectivity index (χ2n) is 3.25. The summed E-state index contributed by atoms with van der Waals surface area (Å²) in [7, 11) is 0. The van der Waals surface area contributed by atoms with Gasteiger partial charge >= 0.3 is 0 Å². The number of carbonyl (C=O) groups is 1. The third-order valence-corrected chi connectivity index (χ3v) is 3.09. The first-order valence-electron chi connectivity index (χ1n) is 4.58. The van der Waals surface area contributed by atoms with Gasteiger partial charge in [-0.2, -0.15) is 0 Å². The molecule has 0 unspecified atom stereocenters. The maximum atomic E-state index is 12.7. The highest BCUT2D eigenvalue weighted by atomic mass is 127. The van der Waals surface area contributed by atoms with E-state index in [1.807, 2.05) is 29.5 Å². The Morgan fingerprint density at radius 2 is 2.07 bits per heavy atom. The topological polar surface area (TPSA) is 17.1 Å². The van der Waals surface area contributed by atoms with E-state index in [9.17, 15) is 13.6 Å². The third-order valence-electron chi connectivity index (χ3n) is 2.20. The second kappa shape index (κ2) is 5.01. The monoisotopic (exact) mass is 324 g/mol. The van der Waals surface area contributed by atoms with Gasteiger partial charge in [0.25, 0.3) is 6.43 Å². The first-order valence-corrected chi connectivity index (χ1v) is 5.66. The van der Waals surface area contributed by atoms with E-state index in [1.165, 1.54) is 6.92 Å². The number of hydrogen-bond acceptors (Lipinski definition) is 1. The van der Waals surface area contributed by atoms with Crippen LogP contribution in [0.4, 0.5) is 8.78 Å². The van der Waals surface area contributed by atoms with E-state index in [-0.39, 0.29) is 16.9 Å². The highest BCUT2D eigenvalue weighted by Crippen LogP contribution is 2.29. The number of benzene rings is 1. The molecule has 0 heterocycles. The first kappa shape index (κ1) is 12.5. The normalized spacial score (nSPS) is 10.8. The van der Waals surface area contributed by atoms with Crippen LogP contribution in [0.3, 0.4) is 0 Å². The SMILES string of the molecule is CCc1cc(I)c(C(F)F)c(C(C)=O)c1. The molecule has 0 aliphatic heterocycles. The van der Waals surface area contributed by atoms with Gasteiger partial charge in [-0.25, -0.2) is 8.78 Å². The summed E-state index contributed by atoms with van der Waals surface area (Å²) in [6.45, 7) is 3.24. The minimum absolute atomic E-state index is 0.139. The Bertz CT molecular complexity index is 388. The maximum Gasteiger partial charge on any atom is 0.265 e. The molecule has 0 aliphatic rings. The molecule has 82 valence electrons. The quantitative estimate of drug-likeness (QED) is 0.607. The molecule has 15 heavy (non-hydrogen) atoms. The van der Waals surface area contributed by atoms with E-state index < -0.39 is 6.43 Å². The number of alkyl halides is 2. The van der Waals surface area contributed by atoms with Crippen LogP contribution < -0.4 is 0 Å². The fourth-order valence-corrected chi connectivity index (χ4v) is 2.32. The van der Waals surface area contributed by atoms with Gasteiger partial charge in [-0.15, -0.1) is 0 Å². The highest BCUT2D eigenvalue weighted by Gasteiger charge is 2.19. The molecule has 4 heteroatoms. The van der Waals surface area contributed by atoms with Crippen molar-refractivity contribution >= 4 is 28.4 Å². The van der Waals surface area contributed by atoms with Gasteiger partial charge in [0.2, 0.25) is 0 Å². The van der Waals surface area contributed by atoms with Gasteiger partial charge in [0, 0.05) is 14.7 Å². The minimum Gasteiger partial charge on any atom is -0.294 e. The Kier molecular flexibility index (Phi) is 4.19. The molecule has 1 nitrogen and oxygen atoms in total. The van der Waals surface area contributed by atoms with Crippen molar-refractivity contribution in [3.63, 3.8) is 0 Å². The average Bonchev–Trinajstić information content (AvgIpc) is 2.15. The van der Waals surface area contributed by atoms with Crippen molar-refractivity contribution in [2.45, 2.75) is 26.7 Å². The summed E-state index contributed by atoms with van der Waals surface area (Å²) in [5.41, 5.74) is 0.919. The first-order chi connectivity index (χ1) is 6.97. The van der Waals surface area contributed by atoms with Crippen LogP contribution in [0.2, 0.25) is 0 Å². The Hall–Kier alpha value is -0.520. The lowest BCUT2D eigenvalue weighted by Crippen LogP contribution is -2.04. The molecular weight excluding hydrogens is 313 g/mol. The van der Waals surface area contributed by atoms with Crippen molar-refractivity contribution in [3.8, 4) is 0 Å².